The van der Waals surface area contributed by atoms with Crippen molar-refractivity contribution in [3.05, 3.63) is 104 Å². The summed E-state index contributed by atoms with van der Waals surface area (Å²) in [6.07, 6.45) is 3.26. The second-order valence-electron chi connectivity index (χ2n) is 12.7. The van der Waals surface area contributed by atoms with Gasteiger partial charge in [0.05, 0.1) is 40.1 Å². The summed E-state index contributed by atoms with van der Waals surface area (Å²) in [5.74, 6) is -0.830. The Kier molecular flexibility index (Phi) is 14.9. The Morgan fingerprint density at radius 2 is 1.58 bits per heavy atom. The molecule has 2 heterocycles. The molecule has 0 saturated carbocycles. The zero-order valence-electron chi connectivity index (χ0n) is 28.7. The summed E-state index contributed by atoms with van der Waals surface area (Å²) in [7, 11) is 1.62. The molecule has 50 heavy (non-hydrogen) atoms. The van der Waals surface area contributed by atoms with E-state index in [9.17, 15) is 19.2 Å². The molecule has 2 aromatic heterocycles. The number of benzene rings is 2. The molecule has 3 unspecified atom stereocenters. The van der Waals surface area contributed by atoms with Crippen molar-refractivity contribution < 1.29 is 23.9 Å². The Morgan fingerprint density at radius 1 is 0.900 bits per heavy atom. The second-order valence-corrected chi connectivity index (χ2v) is 14.6. The number of nitrogens with zero attached hydrogens (tertiary/aromatic N) is 3. The van der Waals surface area contributed by atoms with Crippen LogP contribution in [0.25, 0.3) is 0 Å². The number of carbonyl (C=O) groups is 4. The first kappa shape index (κ1) is 38.2. The van der Waals surface area contributed by atoms with Crippen LogP contribution in [0, 0.1) is 5.92 Å². The molecule has 0 fully saturated rings. The van der Waals surface area contributed by atoms with Gasteiger partial charge >= 0.3 is 12.1 Å². The number of alkyl carbamates (subject to hydrolysis) is 1. The van der Waals surface area contributed by atoms with Gasteiger partial charge in [-0.05, 0) is 42.7 Å². The van der Waals surface area contributed by atoms with E-state index in [-0.39, 0.29) is 49.7 Å². The van der Waals surface area contributed by atoms with Crippen LogP contribution in [0.2, 0.25) is 0 Å². The van der Waals surface area contributed by atoms with Crippen molar-refractivity contribution in [2.24, 2.45) is 11.7 Å². The number of Topliss-reactive ketones (excluding diaryl/α,β-unsaturated/α-hetero) is 1. The summed E-state index contributed by atoms with van der Waals surface area (Å²) in [6, 6.07) is 17.9. The lowest BCUT2D eigenvalue weighted by Gasteiger charge is -2.25. The van der Waals surface area contributed by atoms with Gasteiger partial charge in [-0.2, -0.15) is 0 Å². The van der Waals surface area contributed by atoms with Gasteiger partial charge in [0.25, 0.3) is 0 Å². The molecule has 2 aromatic carbocycles. The number of rotatable bonds is 19. The number of thiazole rings is 2. The van der Waals surface area contributed by atoms with E-state index in [4.69, 9.17) is 10.5 Å². The summed E-state index contributed by atoms with van der Waals surface area (Å²) in [4.78, 5) is 62.9. The molecule has 0 aliphatic heterocycles. The summed E-state index contributed by atoms with van der Waals surface area (Å²) >= 11 is 2.95. The molecule has 0 bridgehead atoms. The highest BCUT2D eigenvalue weighted by atomic mass is 32.1. The van der Waals surface area contributed by atoms with Gasteiger partial charge in [0.1, 0.15) is 6.61 Å². The van der Waals surface area contributed by atoms with Gasteiger partial charge in [-0.15, -0.1) is 22.7 Å². The third-order valence-electron chi connectivity index (χ3n) is 8.16. The fourth-order valence-electron chi connectivity index (χ4n) is 5.55. The van der Waals surface area contributed by atoms with Crippen LogP contribution in [-0.2, 0) is 40.3 Å². The van der Waals surface area contributed by atoms with Gasteiger partial charge in [-0.3, -0.25) is 14.6 Å². The fourth-order valence-corrected chi connectivity index (χ4v) is 6.88. The zero-order chi connectivity index (χ0) is 35.9. The zero-order valence-corrected chi connectivity index (χ0v) is 30.4. The van der Waals surface area contributed by atoms with Crippen LogP contribution < -0.4 is 16.4 Å². The van der Waals surface area contributed by atoms with Crippen LogP contribution in [0.1, 0.15) is 72.2 Å². The number of nitrogens with one attached hydrogen (secondary N) is 2. The van der Waals surface area contributed by atoms with Gasteiger partial charge in [-0.25, -0.2) is 14.6 Å². The standard InChI is InChI=1S/C37H46N6O5S2/c1-25(2)35-40-30(23-49-35)21-43(3)36(46)42-32(19-34(38)45)33(44)18-28(16-26-10-6-4-7-11-26)14-15-29(17-27-12-8-5-9-13-27)41-37(47)48-22-31-20-39-24-50-31/h4-13,20,23-25,28-29,32H,14-19,21-22H2,1-3H3,(H2,38,45)(H,41,47)(H,42,46). The van der Waals surface area contributed by atoms with Crippen LogP contribution in [0.15, 0.2) is 77.8 Å². The minimum atomic E-state index is -1.08. The molecule has 4 amide bonds. The van der Waals surface area contributed by atoms with Crippen molar-refractivity contribution in [2.75, 3.05) is 7.05 Å². The highest BCUT2D eigenvalue weighted by molar-refractivity contribution is 7.09. The average molecular weight is 719 g/mol. The molecule has 0 saturated heterocycles. The van der Waals surface area contributed by atoms with Gasteiger partial charge in [0, 0.05) is 37.0 Å². The van der Waals surface area contributed by atoms with Crippen LogP contribution in [-0.4, -0.2) is 57.8 Å². The number of amides is 4. The van der Waals surface area contributed by atoms with Crippen LogP contribution in [0.5, 0.6) is 0 Å². The highest BCUT2D eigenvalue weighted by Crippen LogP contribution is 2.23. The number of hydrogen-bond acceptors (Lipinski definition) is 9. The molecule has 4 aromatic rings. The molecule has 0 aliphatic rings. The van der Waals surface area contributed by atoms with Crippen molar-refractivity contribution in [1.29, 1.82) is 0 Å². The number of carbonyl (C=O) groups excluding carboxylic acids is 4. The third kappa shape index (κ3) is 13.0. The quantitative estimate of drug-likeness (QED) is 0.104. The maximum atomic E-state index is 13.8. The number of primary amides is 1. The van der Waals surface area contributed by atoms with E-state index >= 15 is 0 Å². The van der Waals surface area contributed by atoms with Crippen molar-refractivity contribution in [3.8, 4) is 0 Å². The van der Waals surface area contributed by atoms with Crippen LogP contribution in [0.4, 0.5) is 9.59 Å². The Hall–Kier alpha value is -4.62. The minimum Gasteiger partial charge on any atom is -0.444 e. The van der Waals surface area contributed by atoms with Crippen molar-refractivity contribution in [1.82, 2.24) is 25.5 Å². The van der Waals surface area contributed by atoms with Gasteiger partial charge in [0.15, 0.2) is 5.78 Å². The Morgan fingerprint density at radius 3 is 2.18 bits per heavy atom. The van der Waals surface area contributed by atoms with Gasteiger partial charge in [-0.1, -0.05) is 74.5 Å². The molecule has 4 rings (SSSR count). The lowest BCUT2D eigenvalue weighted by atomic mass is 9.86. The first-order chi connectivity index (χ1) is 24.0. The number of aromatic nitrogens is 2. The molecular weight excluding hydrogens is 673 g/mol. The summed E-state index contributed by atoms with van der Waals surface area (Å²) in [5.41, 5.74) is 10.1. The monoisotopic (exact) mass is 718 g/mol. The van der Waals surface area contributed by atoms with E-state index in [2.05, 4.69) is 34.4 Å². The smallest absolute Gasteiger partial charge is 0.407 e. The molecule has 0 radical (unpaired) electrons. The number of ketones is 1. The maximum absolute atomic E-state index is 13.8. The normalized spacial score (nSPS) is 12.9. The Balaban J connectivity index is 1.44. The minimum absolute atomic E-state index is 0.106. The molecule has 0 spiro atoms. The van der Waals surface area contributed by atoms with Crippen molar-refractivity contribution in [3.63, 3.8) is 0 Å². The molecule has 11 nitrogen and oxygen atoms in total. The van der Waals surface area contributed by atoms with Crippen LogP contribution in [0.3, 0.4) is 0 Å². The van der Waals surface area contributed by atoms with E-state index < -0.39 is 24.1 Å². The SMILES string of the molecule is CC(C)c1nc(CN(C)C(=O)NC(CC(N)=O)C(=O)CC(CCC(Cc2ccccc2)NC(=O)OCc2cncs2)Cc2ccccc2)cs1. The van der Waals surface area contributed by atoms with E-state index in [1.165, 1.54) is 16.2 Å². The molecule has 0 aliphatic carbocycles. The van der Waals surface area contributed by atoms with Crippen molar-refractivity contribution >= 4 is 46.5 Å². The van der Waals surface area contributed by atoms with E-state index in [1.54, 1.807) is 30.1 Å². The molecule has 13 heteroatoms. The summed E-state index contributed by atoms with van der Waals surface area (Å²) in [6.45, 7) is 4.50. The predicted molar refractivity (Wildman–Crippen MR) is 196 cm³/mol. The topological polar surface area (TPSA) is 157 Å². The van der Waals surface area contributed by atoms with E-state index in [1.807, 2.05) is 66.0 Å². The predicted octanol–water partition coefficient (Wildman–Crippen LogP) is 6.24. The summed E-state index contributed by atoms with van der Waals surface area (Å²) < 4.78 is 5.47. The van der Waals surface area contributed by atoms with Gasteiger partial charge < -0.3 is 26.0 Å². The van der Waals surface area contributed by atoms with Crippen LogP contribution >= 0.6 is 22.7 Å². The number of nitrogens with two attached hydrogens (primary N) is 1. The fraction of sp³-hybridized carbons (Fsp3) is 0.405. The molecule has 3 atom stereocenters. The number of urea groups is 1. The average Bonchev–Trinajstić information content (AvgIpc) is 3.79. The number of ether oxygens (including phenoxy) is 1. The van der Waals surface area contributed by atoms with E-state index in [0.29, 0.717) is 25.7 Å². The first-order valence-corrected chi connectivity index (χ1v) is 18.5. The lowest BCUT2D eigenvalue weighted by Crippen LogP contribution is -2.48. The third-order valence-corrected chi connectivity index (χ3v) is 10.1. The molecular formula is C37H46N6O5S2. The largest absolute Gasteiger partial charge is 0.444 e. The van der Waals surface area contributed by atoms with Gasteiger partial charge in [0.2, 0.25) is 5.91 Å². The first-order valence-electron chi connectivity index (χ1n) is 16.7. The molecule has 4 N–H and O–H groups in total. The Labute approximate surface area is 301 Å². The van der Waals surface area contributed by atoms with E-state index in [0.717, 1.165) is 26.7 Å². The highest BCUT2D eigenvalue weighted by Gasteiger charge is 2.28. The lowest BCUT2D eigenvalue weighted by molar-refractivity contribution is -0.126. The second kappa shape index (κ2) is 19.5. The summed E-state index contributed by atoms with van der Waals surface area (Å²) in [5, 5.41) is 8.67. The van der Waals surface area contributed by atoms with Crippen molar-refractivity contribution in [2.45, 2.75) is 83.5 Å². The Bertz CT molecular complexity index is 1650. The number of hydrogen-bond donors (Lipinski definition) is 3. The molecule has 266 valence electrons. The maximum Gasteiger partial charge on any atom is 0.407 e.